The highest BCUT2D eigenvalue weighted by atomic mass is 35.5. The topological polar surface area (TPSA) is 103 Å². The second-order valence-corrected chi connectivity index (χ2v) is 7.24. The van der Waals surface area contributed by atoms with E-state index in [1.54, 1.807) is 0 Å². The van der Waals surface area contributed by atoms with Crippen LogP contribution in [0.3, 0.4) is 0 Å². The summed E-state index contributed by atoms with van der Waals surface area (Å²) >= 11 is 0. The van der Waals surface area contributed by atoms with E-state index in [1.807, 2.05) is 0 Å². The maximum absolute atomic E-state index is 14.5. The van der Waals surface area contributed by atoms with Gasteiger partial charge >= 0.3 is 0 Å². The molecule has 0 aromatic carbocycles. The molecule has 1 aliphatic heterocycles. The number of pyridine rings is 1. The Morgan fingerprint density at radius 2 is 2.07 bits per heavy atom. The molecule has 1 amide bonds. The number of aromatic nitrogens is 1. The number of ketones is 1. The molecular weight excluding hydrogens is 387 g/mol. The zero-order chi connectivity index (χ0) is 19.3. The first-order valence-corrected chi connectivity index (χ1v) is 9.35. The number of rotatable bonds is 6. The highest BCUT2D eigenvalue weighted by Crippen LogP contribution is 2.33. The molecular formula is C19H26ClFN4O3. The summed E-state index contributed by atoms with van der Waals surface area (Å²) in [4.78, 5) is 28.3. The molecule has 1 aromatic heterocycles. The van der Waals surface area contributed by atoms with E-state index in [4.69, 9.17) is 5.21 Å². The predicted octanol–water partition coefficient (Wildman–Crippen LogP) is 2.45. The summed E-state index contributed by atoms with van der Waals surface area (Å²) in [6.45, 7) is 1.16. The lowest BCUT2D eigenvalue weighted by molar-refractivity contribution is -0.127. The number of nitrogens with one attached hydrogen (secondary N) is 3. The maximum atomic E-state index is 14.5. The minimum atomic E-state index is -0.829. The van der Waals surface area contributed by atoms with Crippen LogP contribution in [0.15, 0.2) is 18.3 Å². The van der Waals surface area contributed by atoms with Crippen LogP contribution in [-0.2, 0) is 9.59 Å². The van der Waals surface area contributed by atoms with E-state index in [9.17, 15) is 14.0 Å². The van der Waals surface area contributed by atoms with E-state index >= 15 is 0 Å². The van der Waals surface area contributed by atoms with E-state index in [0.29, 0.717) is 25.1 Å². The fourth-order valence-corrected chi connectivity index (χ4v) is 3.90. The van der Waals surface area contributed by atoms with Gasteiger partial charge in [-0.3, -0.25) is 14.8 Å². The number of carbonyl (C=O) groups excluding carboxylic acids is 2. The summed E-state index contributed by atoms with van der Waals surface area (Å²) in [5.41, 5.74) is 1.01. The zero-order valence-corrected chi connectivity index (χ0v) is 16.4. The average Bonchev–Trinajstić information content (AvgIpc) is 3.17. The molecule has 1 saturated heterocycles. The van der Waals surface area contributed by atoms with E-state index in [-0.39, 0.29) is 29.9 Å². The van der Waals surface area contributed by atoms with E-state index in [0.717, 1.165) is 31.8 Å². The van der Waals surface area contributed by atoms with Gasteiger partial charge in [-0.2, -0.15) is 0 Å². The van der Waals surface area contributed by atoms with Gasteiger partial charge in [0.15, 0.2) is 17.4 Å². The highest BCUT2D eigenvalue weighted by molar-refractivity contribution is 5.94. The molecule has 7 nitrogen and oxygen atoms in total. The van der Waals surface area contributed by atoms with Gasteiger partial charge in [0.2, 0.25) is 0 Å². The van der Waals surface area contributed by atoms with Crippen molar-refractivity contribution in [1.82, 2.24) is 15.8 Å². The van der Waals surface area contributed by atoms with Crippen molar-refractivity contribution in [1.29, 1.82) is 0 Å². The highest BCUT2D eigenvalue weighted by Gasteiger charge is 2.44. The monoisotopic (exact) mass is 412 g/mol. The van der Waals surface area contributed by atoms with Crippen molar-refractivity contribution in [3.8, 4) is 0 Å². The number of amides is 1. The number of hydrogen-bond acceptors (Lipinski definition) is 6. The van der Waals surface area contributed by atoms with Crippen LogP contribution in [-0.4, -0.2) is 40.5 Å². The molecule has 28 heavy (non-hydrogen) atoms. The molecule has 2 aliphatic rings. The maximum Gasteiger partial charge on any atom is 0.267 e. The fourth-order valence-electron chi connectivity index (χ4n) is 3.90. The van der Waals surface area contributed by atoms with Crippen LogP contribution in [0.25, 0.3) is 6.08 Å². The lowest BCUT2D eigenvalue weighted by atomic mass is 9.77. The van der Waals surface area contributed by atoms with Crippen molar-refractivity contribution in [2.24, 2.45) is 5.92 Å². The zero-order valence-electron chi connectivity index (χ0n) is 15.5. The minimum Gasteiger partial charge on any atom is -0.354 e. The Hall–Kier alpha value is -2.03. The largest absolute Gasteiger partial charge is 0.354 e. The summed E-state index contributed by atoms with van der Waals surface area (Å²) in [5, 5.41) is 14.8. The molecule has 0 bridgehead atoms. The third-order valence-corrected chi connectivity index (χ3v) is 5.36. The number of nitrogens with zero attached hydrogens (tertiary/aromatic N) is 1. The van der Waals surface area contributed by atoms with Gasteiger partial charge in [0, 0.05) is 24.7 Å². The van der Waals surface area contributed by atoms with Crippen molar-refractivity contribution in [3.63, 3.8) is 0 Å². The minimum absolute atomic E-state index is 0. The third-order valence-electron chi connectivity index (χ3n) is 5.36. The number of hydrogen-bond donors (Lipinski definition) is 4. The lowest BCUT2D eigenvalue weighted by Crippen LogP contribution is -2.51. The van der Waals surface area contributed by atoms with Crippen molar-refractivity contribution in [2.45, 2.75) is 44.1 Å². The molecule has 4 N–H and O–H groups in total. The molecule has 1 saturated carbocycles. The smallest absolute Gasteiger partial charge is 0.267 e. The van der Waals surface area contributed by atoms with Crippen LogP contribution in [0.2, 0.25) is 0 Å². The molecule has 2 heterocycles. The number of carbonyl (C=O) groups is 2. The van der Waals surface area contributed by atoms with Gasteiger partial charge in [-0.05, 0) is 43.5 Å². The summed E-state index contributed by atoms with van der Waals surface area (Å²) in [5.74, 6) is -1.10. The quantitative estimate of drug-likeness (QED) is 0.325. The molecule has 0 radical (unpaired) electrons. The van der Waals surface area contributed by atoms with Crippen LogP contribution < -0.4 is 16.1 Å². The van der Waals surface area contributed by atoms with Crippen molar-refractivity contribution in [3.05, 3.63) is 29.7 Å². The first-order valence-electron chi connectivity index (χ1n) is 9.35. The molecule has 154 valence electrons. The van der Waals surface area contributed by atoms with Crippen molar-refractivity contribution >= 4 is 36.0 Å². The van der Waals surface area contributed by atoms with Gasteiger partial charge in [0.05, 0.1) is 0 Å². The van der Waals surface area contributed by atoms with Crippen LogP contribution in [0, 0.1) is 11.7 Å². The van der Waals surface area contributed by atoms with Crippen LogP contribution >= 0.6 is 12.4 Å². The molecule has 1 aromatic rings. The number of anilines is 1. The number of hydroxylamine groups is 1. The summed E-state index contributed by atoms with van der Waals surface area (Å²) < 4.78 is 14.5. The van der Waals surface area contributed by atoms with Crippen molar-refractivity contribution in [2.75, 3.05) is 18.4 Å². The van der Waals surface area contributed by atoms with E-state index in [2.05, 4.69) is 15.6 Å². The Balaban J connectivity index is 0.00000280. The molecule has 3 rings (SSSR count). The Kier molecular flexibility index (Phi) is 7.91. The van der Waals surface area contributed by atoms with Gasteiger partial charge < -0.3 is 10.6 Å². The Bertz CT molecular complexity index is 732. The molecule has 9 heteroatoms. The average molecular weight is 413 g/mol. The normalized spacial score (nSPS) is 22.6. The van der Waals surface area contributed by atoms with E-state index < -0.39 is 17.3 Å². The van der Waals surface area contributed by atoms with Gasteiger partial charge in [0.25, 0.3) is 5.91 Å². The fraction of sp³-hybridized carbons (Fsp3) is 0.526. The summed E-state index contributed by atoms with van der Waals surface area (Å²) in [7, 11) is 0. The predicted molar refractivity (Wildman–Crippen MR) is 106 cm³/mol. The van der Waals surface area contributed by atoms with Gasteiger partial charge in [-0.25, -0.2) is 14.9 Å². The Morgan fingerprint density at radius 3 is 2.68 bits per heavy atom. The standard InChI is InChI=1S/C19H25FN4O3.ClH/c20-15-10-13(6-7-16(25)24-27)11-22-18(15)23-19(8-9-21-12-19)17(26)14-4-2-1-3-5-14;/h6-7,10-11,14,21,27H,1-5,8-9,12H2,(H,22,23)(H,24,25);1H/b7-6+;/t19-;/m1./s1. The van der Waals surface area contributed by atoms with Crippen LogP contribution in [0.5, 0.6) is 0 Å². The number of Topliss-reactive ketones (excluding diaryl/α,β-unsaturated/α-hetero) is 1. The molecule has 1 aliphatic carbocycles. The molecule has 1 atom stereocenters. The third kappa shape index (κ3) is 5.06. The van der Waals surface area contributed by atoms with Crippen LogP contribution in [0.4, 0.5) is 10.2 Å². The number of halogens is 2. The van der Waals surface area contributed by atoms with E-state index in [1.165, 1.54) is 30.2 Å². The molecule has 0 unspecified atom stereocenters. The molecule has 2 fully saturated rings. The molecule has 0 spiro atoms. The Morgan fingerprint density at radius 1 is 1.32 bits per heavy atom. The Labute approximate surface area is 169 Å². The van der Waals surface area contributed by atoms with Crippen LogP contribution in [0.1, 0.15) is 44.1 Å². The second kappa shape index (κ2) is 9.95. The first kappa shape index (κ1) is 22.3. The SMILES string of the molecule is Cl.O=C(/C=C/c1cnc(N[C@]2(C(=O)C3CCCCC3)CCNC2)c(F)c1)NO. The second-order valence-electron chi connectivity index (χ2n) is 7.24. The summed E-state index contributed by atoms with van der Waals surface area (Å²) in [6, 6.07) is 1.23. The van der Waals surface area contributed by atoms with Gasteiger partial charge in [-0.1, -0.05) is 19.3 Å². The summed E-state index contributed by atoms with van der Waals surface area (Å²) in [6.07, 6.45) is 9.51. The van der Waals surface area contributed by atoms with Crippen molar-refractivity contribution < 1.29 is 19.2 Å². The first-order chi connectivity index (χ1) is 13.0. The van der Waals surface area contributed by atoms with Gasteiger partial charge in [-0.15, -0.1) is 12.4 Å². The van der Waals surface area contributed by atoms with Gasteiger partial charge in [0.1, 0.15) is 5.54 Å². The lowest BCUT2D eigenvalue weighted by Gasteiger charge is -2.34.